The van der Waals surface area contributed by atoms with Gasteiger partial charge in [-0.3, -0.25) is 4.98 Å². The first-order chi connectivity index (χ1) is 9.22. The van der Waals surface area contributed by atoms with Crippen LogP contribution in [0.25, 0.3) is 10.5 Å². The standard InChI is InChI=1S/C13H13N5S/c1-8-7-10(3-4-14-8)9(2)17-13-18-11-12(19-13)16-6-5-15-11/h3-7,9H,1-2H3,(H,15,17,18). The Hall–Kier alpha value is -2.08. The molecule has 3 aromatic heterocycles. The number of hydrogen-bond donors (Lipinski definition) is 1. The van der Waals surface area contributed by atoms with Crippen LogP contribution < -0.4 is 5.32 Å². The molecule has 0 amide bonds. The van der Waals surface area contributed by atoms with Crippen LogP contribution in [-0.2, 0) is 0 Å². The fourth-order valence-corrected chi connectivity index (χ4v) is 2.70. The van der Waals surface area contributed by atoms with Crippen LogP contribution in [0.3, 0.4) is 0 Å². The van der Waals surface area contributed by atoms with Crippen molar-refractivity contribution in [2.24, 2.45) is 0 Å². The van der Waals surface area contributed by atoms with Crippen molar-refractivity contribution in [3.8, 4) is 0 Å². The molecule has 0 fully saturated rings. The third-order valence-electron chi connectivity index (χ3n) is 2.81. The van der Waals surface area contributed by atoms with Gasteiger partial charge in [0.1, 0.15) is 0 Å². The summed E-state index contributed by atoms with van der Waals surface area (Å²) in [5.41, 5.74) is 2.89. The fraction of sp³-hybridized carbons (Fsp3) is 0.231. The zero-order valence-corrected chi connectivity index (χ0v) is 11.5. The molecule has 0 saturated heterocycles. The van der Waals surface area contributed by atoms with Crippen LogP contribution in [0.5, 0.6) is 0 Å². The molecule has 6 heteroatoms. The summed E-state index contributed by atoms with van der Waals surface area (Å²) >= 11 is 1.51. The number of pyridine rings is 1. The molecule has 0 aliphatic rings. The second-order valence-corrected chi connectivity index (χ2v) is 5.28. The SMILES string of the molecule is Cc1cc(C(C)Nc2nc3nccnc3s2)ccn1. The normalized spacial score (nSPS) is 12.5. The molecule has 1 unspecified atom stereocenters. The van der Waals surface area contributed by atoms with E-state index in [0.29, 0.717) is 5.65 Å². The Balaban J connectivity index is 1.84. The van der Waals surface area contributed by atoms with Crippen LogP contribution in [0.15, 0.2) is 30.7 Å². The highest BCUT2D eigenvalue weighted by molar-refractivity contribution is 7.21. The van der Waals surface area contributed by atoms with E-state index in [2.05, 4.69) is 38.2 Å². The van der Waals surface area contributed by atoms with Gasteiger partial charge in [0.2, 0.25) is 0 Å². The number of anilines is 1. The van der Waals surface area contributed by atoms with E-state index in [1.807, 2.05) is 19.2 Å². The van der Waals surface area contributed by atoms with Gasteiger partial charge in [-0.1, -0.05) is 11.3 Å². The molecule has 0 radical (unpaired) electrons. The molecule has 1 N–H and O–H groups in total. The maximum atomic E-state index is 4.42. The number of aryl methyl sites for hydroxylation is 1. The van der Waals surface area contributed by atoms with Crippen molar-refractivity contribution in [3.05, 3.63) is 42.0 Å². The smallest absolute Gasteiger partial charge is 0.191 e. The largest absolute Gasteiger partial charge is 0.355 e. The first-order valence-electron chi connectivity index (χ1n) is 5.99. The van der Waals surface area contributed by atoms with Crippen LogP contribution in [-0.4, -0.2) is 19.9 Å². The highest BCUT2D eigenvalue weighted by Crippen LogP contribution is 2.26. The first-order valence-corrected chi connectivity index (χ1v) is 6.80. The van der Waals surface area contributed by atoms with Crippen LogP contribution in [0.1, 0.15) is 24.2 Å². The van der Waals surface area contributed by atoms with E-state index in [9.17, 15) is 0 Å². The Kier molecular flexibility index (Phi) is 3.08. The van der Waals surface area contributed by atoms with Gasteiger partial charge >= 0.3 is 0 Å². The third-order valence-corrected chi connectivity index (χ3v) is 3.69. The Morgan fingerprint density at radius 3 is 2.79 bits per heavy atom. The zero-order chi connectivity index (χ0) is 13.2. The topological polar surface area (TPSA) is 63.6 Å². The van der Waals surface area contributed by atoms with E-state index in [1.54, 1.807) is 12.4 Å². The van der Waals surface area contributed by atoms with Gasteiger partial charge in [0.05, 0.1) is 6.04 Å². The van der Waals surface area contributed by atoms with E-state index < -0.39 is 0 Å². The summed E-state index contributed by atoms with van der Waals surface area (Å²) in [6, 6.07) is 4.25. The van der Waals surface area contributed by atoms with Crippen LogP contribution in [0, 0.1) is 6.92 Å². The van der Waals surface area contributed by atoms with E-state index in [-0.39, 0.29) is 6.04 Å². The number of rotatable bonds is 3. The van der Waals surface area contributed by atoms with Crippen LogP contribution >= 0.6 is 11.3 Å². The fourth-order valence-electron chi connectivity index (χ4n) is 1.84. The number of fused-ring (bicyclic) bond motifs is 1. The van der Waals surface area contributed by atoms with Crippen molar-refractivity contribution < 1.29 is 0 Å². The molecular formula is C13H13N5S. The van der Waals surface area contributed by atoms with Gasteiger partial charge in [-0.05, 0) is 31.5 Å². The molecule has 3 heterocycles. The molecule has 0 spiro atoms. The first kappa shape index (κ1) is 12.0. The molecular weight excluding hydrogens is 258 g/mol. The minimum atomic E-state index is 0.169. The average Bonchev–Trinajstić information content (AvgIpc) is 2.80. The minimum absolute atomic E-state index is 0.169. The summed E-state index contributed by atoms with van der Waals surface area (Å²) in [5, 5.41) is 4.21. The minimum Gasteiger partial charge on any atom is -0.355 e. The number of aromatic nitrogens is 4. The summed E-state index contributed by atoms with van der Waals surface area (Å²) < 4.78 is 0. The molecule has 0 aliphatic heterocycles. The maximum absolute atomic E-state index is 4.42. The van der Waals surface area contributed by atoms with Crippen molar-refractivity contribution in [1.82, 2.24) is 19.9 Å². The lowest BCUT2D eigenvalue weighted by Crippen LogP contribution is -2.06. The second kappa shape index (κ2) is 4.89. The third kappa shape index (κ3) is 2.53. The van der Waals surface area contributed by atoms with Gasteiger partial charge in [-0.15, -0.1) is 0 Å². The Bertz CT molecular complexity index is 676. The predicted molar refractivity (Wildman–Crippen MR) is 76.2 cm³/mol. The van der Waals surface area contributed by atoms with E-state index in [1.165, 1.54) is 16.9 Å². The molecule has 0 bridgehead atoms. The summed E-state index contributed by atoms with van der Waals surface area (Å²) in [7, 11) is 0. The number of nitrogens with one attached hydrogen (secondary N) is 1. The highest BCUT2D eigenvalue weighted by atomic mass is 32.1. The molecule has 96 valence electrons. The van der Waals surface area contributed by atoms with E-state index in [0.717, 1.165) is 15.7 Å². The molecule has 3 rings (SSSR count). The average molecular weight is 271 g/mol. The molecule has 3 aromatic rings. The number of thiazole rings is 1. The van der Waals surface area contributed by atoms with Gasteiger partial charge in [0.25, 0.3) is 0 Å². The zero-order valence-electron chi connectivity index (χ0n) is 10.7. The Morgan fingerprint density at radius 1 is 1.16 bits per heavy atom. The van der Waals surface area contributed by atoms with Gasteiger partial charge in [-0.25, -0.2) is 9.97 Å². The molecule has 0 aliphatic carbocycles. The lowest BCUT2D eigenvalue weighted by Gasteiger charge is -2.13. The lowest BCUT2D eigenvalue weighted by molar-refractivity contribution is 0.874. The number of nitrogens with zero attached hydrogens (tertiary/aromatic N) is 4. The van der Waals surface area contributed by atoms with Crippen molar-refractivity contribution in [2.45, 2.75) is 19.9 Å². The van der Waals surface area contributed by atoms with Crippen molar-refractivity contribution >= 4 is 26.9 Å². The Morgan fingerprint density at radius 2 is 2.00 bits per heavy atom. The summed E-state index contributed by atoms with van der Waals surface area (Å²) in [6.45, 7) is 4.09. The predicted octanol–water partition coefficient (Wildman–Crippen LogP) is 2.96. The quantitative estimate of drug-likeness (QED) is 0.793. The molecule has 0 saturated carbocycles. The number of hydrogen-bond acceptors (Lipinski definition) is 6. The van der Waals surface area contributed by atoms with Crippen LogP contribution in [0.4, 0.5) is 5.13 Å². The van der Waals surface area contributed by atoms with Gasteiger partial charge in [0.15, 0.2) is 15.6 Å². The van der Waals surface area contributed by atoms with Gasteiger partial charge in [-0.2, -0.15) is 4.98 Å². The summed E-state index contributed by atoms with van der Waals surface area (Å²) in [5.74, 6) is 0. The van der Waals surface area contributed by atoms with E-state index >= 15 is 0 Å². The van der Waals surface area contributed by atoms with Gasteiger partial charge in [0, 0.05) is 24.3 Å². The van der Waals surface area contributed by atoms with Crippen molar-refractivity contribution in [2.75, 3.05) is 5.32 Å². The Labute approximate surface area is 114 Å². The second-order valence-electron chi connectivity index (χ2n) is 4.30. The molecule has 5 nitrogen and oxygen atoms in total. The summed E-state index contributed by atoms with van der Waals surface area (Å²) in [4.78, 5) is 17.9. The van der Waals surface area contributed by atoms with E-state index in [4.69, 9.17) is 0 Å². The van der Waals surface area contributed by atoms with Crippen LogP contribution in [0.2, 0.25) is 0 Å². The van der Waals surface area contributed by atoms with Crippen molar-refractivity contribution in [3.63, 3.8) is 0 Å². The molecule has 0 aromatic carbocycles. The monoisotopic (exact) mass is 271 g/mol. The maximum Gasteiger partial charge on any atom is 0.191 e. The van der Waals surface area contributed by atoms with Crippen molar-refractivity contribution in [1.29, 1.82) is 0 Å². The highest BCUT2D eigenvalue weighted by Gasteiger charge is 2.10. The van der Waals surface area contributed by atoms with Gasteiger partial charge < -0.3 is 5.32 Å². The molecule has 1 atom stereocenters. The molecule has 19 heavy (non-hydrogen) atoms. The lowest BCUT2D eigenvalue weighted by atomic mass is 10.1. The summed E-state index contributed by atoms with van der Waals surface area (Å²) in [6.07, 6.45) is 5.16.